The van der Waals surface area contributed by atoms with Crippen molar-refractivity contribution in [3.05, 3.63) is 35.1 Å². The van der Waals surface area contributed by atoms with Crippen LogP contribution in [-0.2, 0) is 6.18 Å². The van der Waals surface area contributed by atoms with E-state index in [1.165, 1.54) is 12.1 Å². The average Bonchev–Trinajstić information content (AvgIpc) is 2.24. The second-order valence-electron chi connectivity index (χ2n) is 3.96. The summed E-state index contributed by atoms with van der Waals surface area (Å²) in [6, 6.07) is 2.54. The quantitative estimate of drug-likeness (QED) is 0.812. The van der Waals surface area contributed by atoms with Crippen molar-refractivity contribution in [2.24, 2.45) is 5.73 Å². The summed E-state index contributed by atoms with van der Waals surface area (Å²) in [5, 5.41) is 0. The Bertz CT molecular complexity index is 379. The maximum atomic E-state index is 13.6. The molecule has 0 bridgehead atoms. The Labute approximate surface area is 110 Å². The Morgan fingerprint density at radius 1 is 1.28 bits per heavy atom. The summed E-state index contributed by atoms with van der Waals surface area (Å²) in [4.78, 5) is 0. The van der Waals surface area contributed by atoms with E-state index < -0.39 is 23.6 Å². The van der Waals surface area contributed by atoms with Gasteiger partial charge in [0, 0.05) is 11.6 Å². The highest BCUT2D eigenvalue weighted by Gasteiger charge is 2.35. The molecule has 1 aromatic rings. The average molecular weight is 286 g/mol. The highest BCUT2D eigenvalue weighted by Crippen LogP contribution is 2.34. The lowest BCUT2D eigenvalue weighted by Gasteiger charge is -2.15. The molecule has 0 spiro atoms. The van der Waals surface area contributed by atoms with Gasteiger partial charge in [-0.1, -0.05) is 31.9 Å². The number of nitrogens with two attached hydrogens (primary N) is 1. The van der Waals surface area contributed by atoms with Gasteiger partial charge in [-0.2, -0.15) is 13.2 Å². The van der Waals surface area contributed by atoms with Crippen molar-refractivity contribution >= 4 is 12.4 Å². The number of unbranched alkanes of at least 4 members (excludes halogenated alkanes) is 1. The zero-order valence-corrected chi connectivity index (χ0v) is 10.7. The first kappa shape index (κ1) is 17.2. The van der Waals surface area contributed by atoms with E-state index in [4.69, 9.17) is 5.73 Å². The SMILES string of the molecule is CCCC[C@@H](N)c1cccc(C(F)(F)F)c1F.Cl. The first-order chi connectivity index (χ1) is 7.88. The molecule has 0 fully saturated rings. The molecule has 1 rings (SSSR count). The second-order valence-corrected chi connectivity index (χ2v) is 3.96. The van der Waals surface area contributed by atoms with Crippen molar-refractivity contribution in [3.63, 3.8) is 0 Å². The van der Waals surface area contributed by atoms with Crippen molar-refractivity contribution in [2.45, 2.75) is 38.4 Å². The zero-order chi connectivity index (χ0) is 13.1. The summed E-state index contributed by atoms with van der Waals surface area (Å²) in [7, 11) is 0. The summed E-state index contributed by atoms with van der Waals surface area (Å²) in [6.45, 7) is 1.94. The van der Waals surface area contributed by atoms with E-state index >= 15 is 0 Å². The van der Waals surface area contributed by atoms with Gasteiger partial charge in [0.05, 0.1) is 5.56 Å². The number of rotatable bonds is 4. The van der Waals surface area contributed by atoms with Crippen LogP contribution in [0.4, 0.5) is 17.6 Å². The molecule has 0 amide bonds. The van der Waals surface area contributed by atoms with E-state index in [0.717, 1.165) is 18.9 Å². The van der Waals surface area contributed by atoms with Gasteiger partial charge >= 0.3 is 6.18 Å². The van der Waals surface area contributed by atoms with Crippen LogP contribution in [0.25, 0.3) is 0 Å². The van der Waals surface area contributed by atoms with Gasteiger partial charge in [-0.05, 0) is 12.5 Å². The van der Waals surface area contributed by atoms with Crippen molar-refractivity contribution in [1.29, 1.82) is 0 Å². The molecule has 0 unspecified atom stereocenters. The van der Waals surface area contributed by atoms with Crippen LogP contribution in [0.5, 0.6) is 0 Å². The van der Waals surface area contributed by atoms with E-state index in [2.05, 4.69) is 0 Å². The first-order valence-corrected chi connectivity index (χ1v) is 5.49. The van der Waals surface area contributed by atoms with Crippen LogP contribution in [0.3, 0.4) is 0 Å². The lowest BCUT2D eigenvalue weighted by Crippen LogP contribution is -2.16. The maximum Gasteiger partial charge on any atom is 0.419 e. The van der Waals surface area contributed by atoms with E-state index in [-0.39, 0.29) is 18.0 Å². The van der Waals surface area contributed by atoms with E-state index in [9.17, 15) is 17.6 Å². The van der Waals surface area contributed by atoms with E-state index in [0.29, 0.717) is 6.42 Å². The molecular weight excluding hydrogens is 270 g/mol. The molecule has 1 nitrogen and oxygen atoms in total. The van der Waals surface area contributed by atoms with Crippen LogP contribution >= 0.6 is 12.4 Å². The fraction of sp³-hybridized carbons (Fsp3) is 0.500. The van der Waals surface area contributed by atoms with Gasteiger partial charge in [0.15, 0.2) is 0 Å². The molecule has 0 aliphatic carbocycles. The Morgan fingerprint density at radius 2 is 1.89 bits per heavy atom. The van der Waals surface area contributed by atoms with Gasteiger partial charge in [0.2, 0.25) is 0 Å². The third-order valence-corrected chi connectivity index (χ3v) is 2.60. The number of hydrogen-bond acceptors (Lipinski definition) is 1. The van der Waals surface area contributed by atoms with E-state index in [1.54, 1.807) is 0 Å². The largest absolute Gasteiger partial charge is 0.419 e. The summed E-state index contributed by atoms with van der Waals surface area (Å²) in [5.74, 6) is -1.25. The van der Waals surface area contributed by atoms with Crippen molar-refractivity contribution < 1.29 is 17.6 Å². The number of benzene rings is 1. The van der Waals surface area contributed by atoms with Crippen molar-refractivity contribution in [3.8, 4) is 0 Å². The van der Waals surface area contributed by atoms with E-state index in [1.807, 2.05) is 6.92 Å². The lowest BCUT2D eigenvalue weighted by molar-refractivity contribution is -0.140. The number of hydrogen-bond donors (Lipinski definition) is 1. The predicted octanol–water partition coefficient (Wildman–Crippen LogP) is 4.46. The first-order valence-electron chi connectivity index (χ1n) is 5.49. The maximum absolute atomic E-state index is 13.6. The Hall–Kier alpha value is -0.810. The fourth-order valence-electron chi connectivity index (χ4n) is 1.63. The molecule has 2 N–H and O–H groups in total. The molecule has 0 saturated heterocycles. The summed E-state index contributed by atoms with van der Waals surface area (Å²) >= 11 is 0. The van der Waals surface area contributed by atoms with Crippen LogP contribution in [0.15, 0.2) is 18.2 Å². The highest BCUT2D eigenvalue weighted by atomic mass is 35.5. The third kappa shape index (κ3) is 4.14. The molecule has 0 radical (unpaired) electrons. The molecule has 0 saturated carbocycles. The zero-order valence-electron chi connectivity index (χ0n) is 9.93. The van der Waals surface area contributed by atoms with Crippen LogP contribution in [-0.4, -0.2) is 0 Å². The predicted molar refractivity (Wildman–Crippen MR) is 65.1 cm³/mol. The van der Waals surface area contributed by atoms with Gasteiger partial charge < -0.3 is 5.73 Å². The Morgan fingerprint density at radius 3 is 2.39 bits per heavy atom. The van der Waals surface area contributed by atoms with Crippen molar-refractivity contribution in [1.82, 2.24) is 0 Å². The Balaban J connectivity index is 0.00000289. The van der Waals surface area contributed by atoms with Gasteiger partial charge in [-0.15, -0.1) is 12.4 Å². The minimum Gasteiger partial charge on any atom is -0.324 e. The molecule has 0 aromatic heterocycles. The molecule has 1 atom stereocenters. The molecule has 18 heavy (non-hydrogen) atoms. The molecular formula is C12H16ClF4N. The standard InChI is InChI=1S/C12H15F4N.ClH/c1-2-3-7-10(17)8-5-4-6-9(11(8)13)12(14,15)16;/h4-6,10H,2-3,7,17H2,1H3;1H/t10-;/m1./s1. The van der Waals surface area contributed by atoms with Gasteiger partial charge in [-0.25, -0.2) is 4.39 Å². The van der Waals surface area contributed by atoms with Gasteiger partial charge in [0.1, 0.15) is 5.82 Å². The minimum atomic E-state index is -4.68. The third-order valence-electron chi connectivity index (χ3n) is 2.60. The summed E-state index contributed by atoms with van der Waals surface area (Å²) in [6.07, 6.45) is -2.57. The van der Waals surface area contributed by atoms with Gasteiger partial charge in [0.25, 0.3) is 0 Å². The van der Waals surface area contributed by atoms with Crippen LogP contribution in [0, 0.1) is 5.82 Å². The highest BCUT2D eigenvalue weighted by molar-refractivity contribution is 5.85. The smallest absolute Gasteiger partial charge is 0.324 e. The van der Waals surface area contributed by atoms with Crippen LogP contribution in [0.2, 0.25) is 0 Å². The lowest BCUT2D eigenvalue weighted by atomic mass is 9.99. The topological polar surface area (TPSA) is 26.0 Å². The second kappa shape index (κ2) is 6.95. The molecule has 104 valence electrons. The van der Waals surface area contributed by atoms with Crippen LogP contribution < -0.4 is 5.73 Å². The normalized spacial score (nSPS) is 13.0. The van der Waals surface area contributed by atoms with Gasteiger partial charge in [-0.3, -0.25) is 0 Å². The molecule has 0 aliphatic heterocycles. The summed E-state index contributed by atoms with van der Waals surface area (Å²) in [5.41, 5.74) is 4.38. The minimum absolute atomic E-state index is 0. The molecule has 0 aliphatic rings. The molecule has 6 heteroatoms. The van der Waals surface area contributed by atoms with Crippen molar-refractivity contribution in [2.75, 3.05) is 0 Å². The Kier molecular flexibility index (Phi) is 6.63. The number of halogens is 5. The number of alkyl halides is 3. The monoisotopic (exact) mass is 285 g/mol. The molecule has 0 heterocycles. The van der Waals surface area contributed by atoms with Crippen LogP contribution in [0.1, 0.15) is 43.4 Å². The fourth-order valence-corrected chi connectivity index (χ4v) is 1.63. The molecule has 1 aromatic carbocycles. The summed E-state index contributed by atoms with van der Waals surface area (Å²) < 4.78 is 51.0.